The molecule has 3 aromatic carbocycles. The molecule has 5 aliphatic heterocycles. The van der Waals surface area contributed by atoms with E-state index >= 15 is 0 Å². The minimum atomic E-state index is -0.509. The van der Waals surface area contributed by atoms with Gasteiger partial charge in [-0.3, -0.25) is 0 Å². The van der Waals surface area contributed by atoms with E-state index in [1.807, 2.05) is 26.0 Å². The summed E-state index contributed by atoms with van der Waals surface area (Å²) < 4.78 is 16.3. The maximum atomic E-state index is 14.6. The Morgan fingerprint density at radius 1 is 0.672 bits per heavy atom. The van der Waals surface area contributed by atoms with Gasteiger partial charge in [0.25, 0.3) is 0 Å². The average molecular weight is 824 g/mol. The fourth-order valence-corrected chi connectivity index (χ4v) is 12.4. The number of ether oxygens (including phenoxy) is 2. The number of likely N-dealkylation sites (N-methyl/N-ethyl adjacent to an activating group) is 1. The smallest absolute Gasteiger partial charge is 0.339 e. The van der Waals surface area contributed by atoms with E-state index in [-0.39, 0.29) is 37.1 Å². The molecule has 0 amide bonds. The Bertz CT molecular complexity index is 2640. The van der Waals surface area contributed by atoms with Crippen LogP contribution >= 0.6 is 0 Å². The van der Waals surface area contributed by atoms with Crippen LogP contribution in [-0.4, -0.2) is 75.0 Å². The molecule has 0 unspecified atom stereocenters. The van der Waals surface area contributed by atoms with Gasteiger partial charge in [0.05, 0.1) is 52.8 Å². The van der Waals surface area contributed by atoms with Crippen LogP contribution in [0, 0.1) is 10.8 Å². The Labute approximate surface area is 357 Å². The average Bonchev–Trinajstić information content (AvgIpc) is 3.79. The number of hydrogen-bond donors (Lipinski definition) is 2. The number of para-hydroxylation sites is 3. The van der Waals surface area contributed by atoms with Gasteiger partial charge in [-0.15, -0.1) is 0 Å². The lowest BCUT2D eigenvalue weighted by Gasteiger charge is -2.50. The highest BCUT2D eigenvalue weighted by Crippen LogP contribution is 2.60. The van der Waals surface area contributed by atoms with E-state index in [0.29, 0.717) is 30.7 Å². The molecule has 2 N–H and O–H groups in total. The molecule has 2 fully saturated rings. The molecule has 7 heterocycles. The first kappa shape index (κ1) is 39.9. The molecule has 2 saturated heterocycles. The Morgan fingerprint density at radius 2 is 1.15 bits per heavy atom. The first-order valence-corrected chi connectivity index (χ1v) is 22.4. The quantitative estimate of drug-likeness (QED) is 0.148. The van der Waals surface area contributed by atoms with E-state index < -0.39 is 23.2 Å². The van der Waals surface area contributed by atoms with Gasteiger partial charge in [0.1, 0.15) is 12.3 Å². The number of carbonyl (C=O) groups excluding carboxylic acids is 2. The molecule has 2 aromatic heterocycles. The van der Waals surface area contributed by atoms with Gasteiger partial charge >= 0.3 is 11.9 Å². The van der Waals surface area contributed by atoms with Crippen LogP contribution in [0.5, 0.6) is 0 Å². The zero-order chi connectivity index (χ0) is 42.4. The van der Waals surface area contributed by atoms with Gasteiger partial charge in [0.2, 0.25) is 0 Å². The fourth-order valence-electron chi connectivity index (χ4n) is 12.4. The van der Waals surface area contributed by atoms with E-state index in [1.54, 1.807) is 0 Å². The zero-order valence-electron chi connectivity index (χ0n) is 35.9. The molecule has 5 aromatic rings. The summed E-state index contributed by atoms with van der Waals surface area (Å²) in [5, 5.41) is 28.9. The minimum absolute atomic E-state index is 0.230. The topological polar surface area (TPSA) is 113 Å². The van der Waals surface area contributed by atoms with Gasteiger partial charge in [-0.2, -0.15) is 10.1 Å². The highest BCUT2D eigenvalue weighted by Gasteiger charge is 2.54. The minimum Gasteiger partial charge on any atom is -0.462 e. The first-order valence-electron chi connectivity index (χ1n) is 22.4. The number of hydroxylamine groups is 4. The van der Waals surface area contributed by atoms with E-state index in [1.165, 1.54) is 15.7 Å². The van der Waals surface area contributed by atoms with Crippen molar-refractivity contribution in [3.05, 3.63) is 113 Å². The van der Waals surface area contributed by atoms with Crippen LogP contribution in [0.25, 0.3) is 33.0 Å². The van der Waals surface area contributed by atoms with Crippen molar-refractivity contribution < 1.29 is 29.5 Å². The summed E-state index contributed by atoms with van der Waals surface area (Å²) in [5.74, 6) is -1.01. The molecule has 318 valence electrons. The molecule has 5 aliphatic rings. The van der Waals surface area contributed by atoms with Gasteiger partial charge in [-0.1, -0.05) is 80.6 Å². The van der Waals surface area contributed by atoms with Crippen molar-refractivity contribution in [3.8, 4) is 0 Å². The maximum Gasteiger partial charge on any atom is 0.339 e. The highest BCUT2D eigenvalue weighted by atomic mass is 16.5. The molecule has 11 nitrogen and oxygen atoms in total. The lowest BCUT2D eigenvalue weighted by atomic mass is 9.70. The van der Waals surface area contributed by atoms with Crippen molar-refractivity contribution in [2.24, 2.45) is 10.8 Å². The molecule has 0 saturated carbocycles. The summed E-state index contributed by atoms with van der Waals surface area (Å²) in [7, 11) is 2.14. The molecule has 10 rings (SSSR count). The first-order chi connectivity index (χ1) is 29.6. The Kier molecular flexibility index (Phi) is 9.82. The monoisotopic (exact) mass is 823 g/mol. The molecular weight excluding hydrogens is 767 g/mol. The van der Waals surface area contributed by atoms with Crippen LogP contribution in [0.1, 0.15) is 119 Å². The largest absolute Gasteiger partial charge is 0.462 e. The molecule has 0 spiro atoms. The third kappa shape index (κ3) is 5.69. The van der Waals surface area contributed by atoms with Gasteiger partial charge in [-0.25, -0.2) is 9.59 Å². The summed E-state index contributed by atoms with van der Waals surface area (Å²) in [6.45, 7) is 9.49. The van der Waals surface area contributed by atoms with Crippen molar-refractivity contribution in [3.63, 3.8) is 0 Å². The van der Waals surface area contributed by atoms with Crippen molar-refractivity contribution in [1.29, 1.82) is 0 Å². The van der Waals surface area contributed by atoms with Crippen molar-refractivity contribution >= 4 is 50.6 Å². The number of esters is 2. The summed E-state index contributed by atoms with van der Waals surface area (Å²) in [4.78, 5) is 31.5. The Morgan fingerprint density at radius 3 is 1.67 bits per heavy atom. The summed E-state index contributed by atoms with van der Waals surface area (Å²) in [5.41, 5.74) is 7.72. The number of carbonyl (C=O) groups is 2. The van der Waals surface area contributed by atoms with Crippen LogP contribution in [0.3, 0.4) is 0 Å². The number of aromatic nitrogens is 2. The maximum absolute atomic E-state index is 14.6. The second-order valence-corrected chi connectivity index (χ2v) is 17.8. The van der Waals surface area contributed by atoms with Gasteiger partial charge < -0.3 is 33.9 Å². The number of rotatable bonds is 8. The standard InChI is InChI=1S/C50H57N5O6/c1-6-49-24-16-26-52(58)47(49)54-38-22-14-11-19-32(38)40(43(54)35(29-49)45(56)60-8-3)34-28-31-18-10-13-21-37(31)51(5)42(34)41-33-20-12-15-23-39(33)55-44(41)36(46(57)61-9-4)30-50(7-2)25-17-27-53(59)48(50)55/h10-15,18-23,29-30,34,42,47-48,58-59H,6-9,16-17,24-28H2,1-5H3/t34-,42+,47+,48+,49-,50-/m0/s1. The van der Waals surface area contributed by atoms with E-state index in [0.717, 1.165) is 88.5 Å². The molecule has 0 aliphatic carbocycles. The number of benzene rings is 3. The predicted molar refractivity (Wildman–Crippen MR) is 236 cm³/mol. The van der Waals surface area contributed by atoms with Gasteiger partial charge in [0, 0.05) is 58.9 Å². The Hall–Kier alpha value is -5.20. The fraction of sp³-hybridized carbons (Fsp3) is 0.440. The van der Waals surface area contributed by atoms with Crippen molar-refractivity contribution in [2.75, 3.05) is 38.3 Å². The molecule has 61 heavy (non-hydrogen) atoms. The van der Waals surface area contributed by atoms with Crippen LogP contribution in [0.4, 0.5) is 5.69 Å². The summed E-state index contributed by atoms with van der Waals surface area (Å²) in [6.07, 6.45) is 8.73. The van der Waals surface area contributed by atoms with Crippen LogP contribution in [-0.2, 0) is 25.5 Å². The number of nitrogens with zero attached hydrogens (tertiary/aromatic N) is 5. The summed E-state index contributed by atoms with van der Waals surface area (Å²) in [6, 6.07) is 24.9. The number of hydrogen-bond acceptors (Lipinski definition) is 9. The van der Waals surface area contributed by atoms with E-state index in [9.17, 15) is 20.0 Å². The second kappa shape index (κ2) is 15.0. The van der Waals surface area contributed by atoms with Crippen LogP contribution in [0.15, 0.2) is 84.9 Å². The third-order valence-corrected chi connectivity index (χ3v) is 15.0. The molecule has 0 radical (unpaired) electrons. The second-order valence-electron chi connectivity index (χ2n) is 17.8. The third-order valence-electron chi connectivity index (χ3n) is 15.0. The van der Waals surface area contributed by atoms with E-state index in [2.05, 4.69) is 108 Å². The molecule has 6 atom stereocenters. The number of piperidine rings is 2. The highest BCUT2D eigenvalue weighted by molar-refractivity contribution is 6.20. The van der Waals surface area contributed by atoms with Crippen molar-refractivity contribution in [2.45, 2.75) is 96.9 Å². The SMILES string of the molecule is CCOC(=O)C1=C[C@]2(CC)CCCN(O)[C@@H]2n2c1c([C@@H]1Cc3ccccc3N(C)[C@H]1c1c3n(c4ccccc14)[C@H]1N(O)CCC[C@@]1(CC)C=C3C(=O)OCC)c1ccccc12. The summed E-state index contributed by atoms with van der Waals surface area (Å²) >= 11 is 0. The molecule has 11 heteroatoms. The Balaban J connectivity index is 1.32. The molecular formula is C50H57N5O6. The predicted octanol–water partition coefficient (Wildman–Crippen LogP) is 9.79. The van der Waals surface area contributed by atoms with Gasteiger partial charge in [-0.05, 0) is 88.1 Å². The van der Waals surface area contributed by atoms with Gasteiger partial charge in [0.15, 0.2) is 0 Å². The normalized spacial score (nSPS) is 27.4. The van der Waals surface area contributed by atoms with Crippen molar-refractivity contribution in [1.82, 2.24) is 19.3 Å². The lowest BCUT2D eigenvalue weighted by Crippen LogP contribution is -2.49. The number of fused-ring (bicyclic) bond motifs is 11. The zero-order valence-corrected chi connectivity index (χ0v) is 35.9. The van der Waals surface area contributed by atoms with E-state index in [4.69, 9.17) is 9.47 Å². The van der Waals surface area contributed by atoms with Crippen LogP contribution < -0.4 is 4.90 Å². The van der Waals surface area contributed by atoms with Crippen LogP contribution in [0.2, 0.25) is 0 Å². The lowest BCUT2D eigenvalue weighted by molar-refractivity contribution is -0.203. The molecule has 0 bridgehead atoms. The number of anilines is 1.